The van der Waals surface area contributed by atoms with Crippen LogP contribution < -0.4 is 5.73 Å². The van der Waals surface area contributed by atoms with Gasteiger partial charge in [-0.3, -0.25) is 14.8 Å². The number of aromatic nitrogens is 1. The average Bonchev–Trinajstić information content (AvgIpc) is 2.99. The quantitative estimate of drug-likeness (QED) is 0.837. The molecule has 1 saturated heterocycles. The summed E-state index contributed by atoms with van der Waals surface area (Å²) in [6.07, 6.45) is 6.05. The molecule has 4 heteroatoms. The first kappa shape index (κ1) is 16.4. The lowest BCUT2D eigenvalue weighted by Gasteiger charge is -2.33. The fourth-order valence-electron chi connectivity index (χ4n) is 3.56. The van der Waals surface area contributed by atoms with Gasteiger partial charge in [0.2, 0.25) is 0 Å². The second-order valence-corrected chi connectivity index (χ2v) is 5.96. The maximum absolute atomic E-state index is 6.43. The number of likely N-dealkylation sites (tertiary alicyclic amines) is 1. The van der Waals surface area contributed by atoms with Gasteiger partial charge in [-0.05, 0) is 37.6 Å². The van der Waals surface area contributed by atoms with Crippen molar-refractivity contribution in [3.05, 3.63) is 30.1 Å². The third-order valence-corrected chi connectivity index (χ3v) is 4.82. The van der Waals surface area contributed by atoms with Crippen LogP contribution in [0.3, 0.4) is 0 Å². The lowest BCUT2D eigenvalue weighted by molar-refractivity contribution is 0.171. The molecule has 21 heavy (non-hydrogen) atoms. The van der Waals surface area contributed by atoms with Crippen LogP contribution in [0.1, 0.15) is 45.2 Å². The number of nitrogens with two attached hydrogens (primary N) is 1. The van der Waals surface area contributed by atoms with E-state index in [4.69, 9.17) is 5.73 Å². The number of rotatable bonds is 7. The van der Waals surface area contributed by atoms with Crippen molar-refractivity contribution in [3.63, 3.8) is 0 Å². The van der Waals surface area contributed by atoms with E-state index < -0.39 is 0 Å². The molecule has 0 saturated carbocycles. The van der Waals surface area contributed by atoms with Gasteiger partial charge >= 0.3 is 0 Å². The zero-order chi connectivity index (χ0) is 15.2. The van der Waals surface area contributed by atoms with Gasteiger partial charge in [0.1, 0.15) is 0 Å². The minimum Gasteiger partial charge on any atom is -0.326 e. The van der Waals surface area contributed by atoms with E-state index in [-0.39, 0.29) is 6.04 Å². The molecule has 0 aliphatic carbocycles. The molecular formula is C17H30N4. The summed E-state index contributed by atoms with van der Waals surface area (Å²) in [5.41, 5.74) is 7.69. The van der Waals surface area contributed by atoms with Crippen molar-refractivity contribution in [2.75, 3.05) is 26.2 Å². The Morgan fingerprint density at radius 2 is 2.14 bits per heavy atom. The Labute approximate surface area is 129 Å². The fraction of sp³-hybridized carbons (Fsp3) is 0.706. The second kappa shape index (κ2) is 7.87. The third-order valence-electron chi connectivity index (χ3n) is 4.82. The highest BCUT2D eigenvalue weighted by Crippen LogP contribution is 2.29. The van der Waals surface area contributed by atoms with Crippen LogP contribution in [0.4, 0.5) is 0 Å². The molecule has 0 amide bonds. The van der Waals surface area contributed by atoms with Gasteiger partial charge in [0.25, 0.3) is 0 Å². The predicted molar refractivity (Wildman–Crippen MR) is 88.1 cm³/mol. The van der Waals surface area contributed by atoms with Crippen LogP contribution in [0, 0.1) is 0 Å². The van der Waals surface area contributed by atoms with E-state index >= 15 is 0 Å². The van der Waals surface area contributed by atoms with Gasteiger partial charge in [-0.2, -0.15) is 0 Å². The smallest absolute Gasteiger partial charge is 0.0514 e. The van der Waals surface area contributed by atoms with Crippen LogP contribution in [-0.4, -0.2) is 53.0 Å². The Hall–Kier alpha value is -0.970. The highest BCUT2D eigenvalue weighted by molar-refractivity contribution is 5.17. The van der Waals surface area contributed by atoms with E-state index in [1.54, 1.807) is 0 Å². The van der Waals surface area contributed by atoms with Crippen molar-refractivity contribution in [2.24, 2.45) is 5.73 Å². The Morgan fingerprint density at radius 1 is 1.38 bits per heavy atom. The largest absolute Gasteiger partial charge is 0.326 e. The van der Waals surface area contributed by atoms with E-state index in [2.05, 4.69) is 41.6 Å². The molecular weight excluding hydrogens is 260 g/mol. The fourth-order valence-corrected chi connectivity index (χ4v) is 3.56. The number of hydrogen-bond acceptors (Lipinski definition) is 4. The molecule has 2 rings (SSSR count). The monoisotopic (exact) mass is 290 g/mol. The molecule has 3 atom stereocenters. The Morgan fingerprint density at radius 3 is 2.71 bits per heavy atom. The molecule has 0 radical (unpaired) electrons. The average molecular weight is 290 g/mol. The zero-order valence-electron chi connectivity index (χ0n) is 13.7. The normalized spacial score (nSPS) is 22.6. The van der Waals surface area contributed by atoms with Crippen molar-refractivity contribution in [3.8, 4) is 0 Å². The van der Waals surface area contributed by atoms with Gasteiger partial charge < -0.3 is 5.73 Å². The predicted octanol–water partition coefficient (Wildman–Crippen LogP) is 2.28. The minimum atomic E-state index is 0.171. The van der Waals surface area contributed by atoms with Crippen molar-refractivity contribution in [1.82, 2.24) is 14.8 Å². The molecule has 1 aromatic heterocycles. The SMILES string of the molecule is CCC(N)C(c1cccnc1)N1CCC(N(CC)CC)C1. The number of nitrogens with zero attached hydrogens (tertiary/aromatic N) is 3. The third kappa shape index (κ3) is 3.82. The van der Waals surface area contributed by atoms with Gasteiger partial charge in [-0.15, -0.1) is 0 Å². The molecule has 2 N–H and O–H groups in total. The van der Waals surface area contributed by atoms with E-state index in [9.17, 15) is 0 Å². The molecule has 0 bridgehead atoms. The van der Waals surface area contributed by atoms with Crippen LogP contribution >= 0.6 is 0 Å². The van der Waals surface area contributed by atoms with E-state index in [1.165, 1.54) is 12.0 Å². The lowest BCUT2D eigenvalue weighted by atomic mass is 9.98. The topological polar surface area (TPSA) is 45.4 Å². The van der Waals surface area contributed by atoms with E-state index in [0.29, 0.717) is 12.1 Å². The second-order valence-electron chi connectivity index (χ2n) is 5.96. The summed E-state index contributed by atoms with van der Waals surface area (Å²) in [7, 11) is 0. The highest BCUT2D eigenvalue weighted by Gasteiger charge is 2.33. The molecule has 3 unspecified atom stereocenters. The maximum Gasteiger partial charge on any atom is 0.0514 e. The Kier molecular flexibility index (Phi) is 6.15. The van der Waals surface area contributed by atoms with Gasteiger partial charge in [-0.1, -0.05) is 26.8 Å². The standard InChI is InChI=1S/C17H30N4/c1-4-16(18)17(14-8-7-10-19-12-14)21-11-9-15(13-21)20(5-2)6-3/h7-8,10,12,15-17H,4-6,9,11,13,18H2,1-3H3. The summed E-state index contributed by atoms with van der Waals surface area (Å²) in [6, 6.07) is 5.32. The Balaban J connectivity index is 2.12. The summed E-state index contributed by atoms with van der Waals surface area (Å²) in [4.78, 5) is 9.42. The molecule has 1 aliphatic heterocycles. The van der Waals surface area contributed by atoms with Gasteiger partial charge in [-0.25, -0.2) is 0 Å². The van der Waals surface area contributed by atoms with E-state index in [1.807, 2.05) is 18.5 Å². The van der Waals surface area contributed by atoms with E-state index in [0.717, 1.165) is 32.6 Å². The maximum atomic E-state index is 6.43. The van der Waals surface area contributed by atoms with Crippen LogP contribution in [-0.2, 0) is 0 Å². The molecule has 2 heterocycles. The number of likely N-dealkylation sites (N-methyl/N-ethyl adjacent to an activating group) is 1. The Bertz CT molecular complexity index is 405. The molecule has 118 valence electrons. The zero-order valence-corrected chi connectivity index (χ0v) is 13.7. The first-order valence-electron chi connectivity index (χ1n) is 8.34. The number of pyridine rings is 1. The lowest BCUT2D eigenvalue weighted by Crippen LogP contribution is -2.42. The number of hydrogen-bond donors (Lipinski definition) is 1. The highest BCUT2D eigenvalue weighted by atomic mass is 15.3. The summed E-state index contributed by atoms with van der Waals surface area (Å²) < 4.78 is 0. The van der Waals surface area contributed by atoms with Crippen LogP contribution in [0.5, 0.6) is 0 Å². The molecule has 4 nitrogen and oxygen atoms in total. The molecule has 1 aromatic rings. The van der Waals surface area contributed by atoms with Crippen LogP contribution in [0.25, 0.3) is 0 Å². The summed E-state index contributed by atoms with van der Waals surface area (Å²) in [6.45, 7) is 11.2. The minimum absolute atomic E-state index is 0.171. The first-order valence-corrected chi connectivity index (χ1v) is 8.34. The molecule has 1 fully saturated rings. The summed E-state index contributed by atoms with van der Waals surface area (Å²) in [5.74, 6) is 0. The molecule has 0 spiro atoms. The van der Waals surface area contributed by atoms with Crippen molar-refractivity contribution in [1.29, 1.82) is 0 Å². The van der Waals surface area contributed by atoms with Crippen molar-refractivity contribution in [2.45, 2.75) is 51.7 Å². The van der Waals surface area contributed by atoms with Crippen LogP contribution in [0.15, 0.2) is 24.5 Å². The van der Waals surface area contributed by atoms with Crippen molar-refractivity contribution < 1.29 is 0 Å². The van der Waals surface area contributed by atoms with Gasteiger partial charge in [0.05, 0.1) is 6.04 Å². The molecule has 1 aliphatic rings. The summed E-state index contributed by atoms with van der Waals surface area (Å²) >= 11 is 0. The van der Waals surface area contributed by atoms with Gasteiger partial charge in [0, 0.05) is 37.6 Å². The first-order chi connectivity index (χ1) is 10.2. The van der Waals surface area contributed by atoms with Crippen molar-refractivity contribution >= 4 is 0 Å². The molecule has 0 aromatic carbocycles. The van der Waals surface area contributed by atoms with Crippen LogP contribution in [0.2, 0.25) is 0 Å². The summed E-state index contributed by atoms with van der Waals surface area (Å²) in [5, 5.41) is 0. The van der Waals surface area contributed by atoms with Gasteiger partial charge in [0.15, 0.2) is 0 Å².